The highest BCUT2D eigenvalue weighted by Crippen LogP contribution is 2.41. The average molecular weight is 358 g/mol. The van der Waals surface area contributed by atoms with Gasteiger partial charge < -0.3 is 29.0 Å². The number of imidazole rings is 1. The highest BCUT2D eigenvalue weighted by molar-refractivity contribution is 5.96. The van der Waals surface area contributed by atoms with E-state index < -0.39 is 0 Å². The zero-order valence-electron chi connectivity index (χ0n) is 14.9. The van der Waals surface area contributed by atoms with Crippen molar-refractivity contribution in [1.82, 2.24) is 19.8 Å². The van der Waals surface area contributed by atoms with Gasteiger partial charge in [0.2, 0.25) is 5.75 Å². The molecule has 1 atom stereocenters. The number of carbonyl (C=O) groups is 1. The van der Waals surface area contributed by atoms with Crippen LogP contribution >= 0.6 is 0 Å². The van der Waals surface area contributed by atoms with Crippen LogP contribution in [0.1, 0.15) is 22.2 Å². The minimum atomic E-state index is -0.129. The van der Waals surface area contributed by atoms with E-state index in [1.807, 2.05) is 22.7 Å². The van der Waals surface area contributed by atoms with Crippen LogP contribution in [0.15, 0.2) is 24.5 Å². The molecule has 0 spiro atoms. The second kappa shape index (κ2) is 6.87. The molecule has 1 saturated heterocycles. The molecule has 2 aliphatic heterocycles. The molecule has 2 aliphatic rings. The summed E-state index contributed by atoms with van der Waals surface area (Å²) in [6, 6.07) is 3.32. The molecule has 1 aromatic heterocycles. The van der Waals surface area contributed by atoms with Crippen molar-refractivity contribution in [2.24, 2.45) is 7.05 Å². The van der Waals surface area contributed by atoms with Gasteiger partial charge in [-0.1, -0.05) is 0 Å². The third-order valence-corrected chi connectivity index (χ3v) is 4.74. The van der Waals surface area contributed by atoms with Crippen molar-refractivity contribution in [2.75, 3.05) is 40.0 Å². The summed E-state index contributed by atoms with van der Waals surface area (Å²) in [6.45, 7) is 2.94. The SMILES string of the molecule is COc1cc(C(=O)N2CCNCC2c2nccn2C)cc2c1OCCO2. The molecule has 1 amide bonds. The lowest BCUT2D eigenvalue weighted by Gasteiger charge is -2.36. The number of nitrogens with zero attached hydrogens (tertiary/aromatic N) is 3. The molecule has 26 heavy (non-hydrogen) atoms. The first-order chi connectivity index (χ1) is 12.7. The lowest BCUT2D eigenvalue weighted by atomic mass is 10.1. The summed E-state index contributed by atoms with van der Waals surface area (Å²) in [7, 11) is 3.50. The number of fused-ring (bicyclic) bond motifs is 1. The predicted octanol–water partition coefficient (Wildman–Crippen LogP) is 0.987. The number of benzene rings is 1. The van der Waals surface area contributed by atoms with Gasteiger partial charge in [-0.2, -0.15) is 0 Å². The highest BCUT2D eigenvalue weighted by atomic mass is 16.6. The molecule has 138 valence electrons. The van der Waals surface area contributed by atoms with Crippen molar-refractivity contribution in [3.63, 3.8) is 0 Å². The molecule has 0 saturated carbocycles. The van der Waals surface area contributed by atoms with Gasteiger partial charge in [-0.3, -0.25) is 4.79 Å². The molecule has 1 fully saturated rings. The fourth-order valence-electron chi connectivity index (χ4n) is 3.44. The van der Waals surface area contributed by atoms with Crippen molar-refractivity contribution in [1.29, 1.82) is 0 Å². The van der Waals surface area contributed by atoms with Crippen LogP contribution in [-0.4, -0.2) is 60.3 Å². The first-order valence-electron chi connectivity index (χ1n) is 8.65. The monoisotopic (exact) mass is 358 g/mol. The summed E-state index contributed by atoms with van der Waals surface area (Å²) in [5.41, 5.74) is 0.521. The van der Waals surface area contributed by atoms with Crippen molar-refractivity contribution >= 4 is 5.91 Å². The zero-order valence-corrected chi connectivity index (χ0v) is 14.9. The van der Waals surface area contributed by atoms with Gasteiger partial charge in [-0.25, -0.2) is 4.98 Å². The van der Waals surface area contributed by atoms with Gasteiger partial charge in [0.1, 0.15) is 25.1 Å². The third kappa shape index (κ3) is 2.86. The molecule has 0 bridgehead atoms. The second-order valence-electron chi connectivity index (χ2n) is 6.32. The quantitative estimate of drug-likeness (QED) is 0.882. The van der Waals surface area contributed by atoms with Crippen LogP contribution in [0.25, 0.3) is 0 Å². The minimum Gasteiger partial charge on any atom is -0.493 e. The van der Waals surface area contributed by atoms with E-state index >= 15 is 0 Å². The van der Waals surface area contributed by atoms with E-state index in [9.17, 15) is 4.79 Å². The lowest BCUT2D eigenvalue weighted by molar-refractivity contribution is 0.0619. The summed E-state index contributed by atoms with van der Waals surface area (Å²) in [5.74, 6) is 2.39. The van der Waals surface area contributed by atoms with E-state index in [2.05, 4.69) is 10.3 Å². The van der Waals surface area contributed by atoms with Crippen LogP contribution < -0.4 is 19.5 Å². The van der Waals surface area contributed by atoms with E-state index in [0.717, 1.165) is 12.4 Å². The Kier molecular flexibility index (Phi) is 4.42. The number of aromatic nitrogens is 2. The Labute approximate surface area is 151 Å². The number of piperazine rings is 1. The van der Waals surface area contributed by atoms with Crippen molar-refractivity contribution in [2.45, 2.75) is 6.04 Å². The van der Waals surface area contributed by atoms with E-state index in [0.29, 0.717) is 49.1 Å². The van der Waals surface area contributed by atoms with Crippen LogP contribution in [-0.2, 0) is 7.05 Å². The van der Waals surface area contributed by atoms with Crippen molar-refractivity contribution < 1.29 is 19.0 Å². The molecule has 1 N–H and O–H groups in total. The normalized spacial score (nSPS) is 19.3. The van der Waals surface area contributed by atoms with E-state index in [1.165, 1.54) is 0 Å². The Balaban J connectivity index is 1.68. The summed E-state index contributed by atoms with van der Waals surface area (Å²) < 4.78 is 18.6. The Morgan fingerprint density at radius 1 is 1.35 bits per heavy atom. The molecule has 8 heteroatoms. The largest absolute Gasteiger partial charge is 0.493 e. The van der Waals surface area contributed by atoms with Crippen LogP contribution in [0.4, 0.5) is 0 Å². The Bertz CT molecular complexity index is 802. The van der Waals surface area contributed by atoms with Gasteiger partial charge in [-0.05, 0) is 12.1 Å². The van der Waals surface area contributed by atoms with E-state index in [4.69, 9.17) is 14.2 Å². The Morgan fingerprint density at radius 3 is 2.96 bits per heavy atom. The number of amides is 1. The van der Waals surface area contributed by atoms with Gasteiger partial charge in [0.25, 0.3) is 5.91 Å². The maximum absolute atomic E-state index is 13.3. The molecular weight excluding hydrogens is 336 g/mol. The summed E-state index contributed by atoms with van der Waals surface area (Å²) in [5, 5.41) is 3.34. The van der Waals surface area contributed by atoms with Crippen LogP contribution in [0.3, 0.4) is 0 Å². The molecule has 1 aromatic carbocycles. The Morgan fingerprint density at radius 2 is 2.19 bits per heavy atom. The lowest BCUT2D eigenvalue weighted by Crippen LogP contribution is -2.49. The molecule has 0 aliphatic carbocycles. The summed E-state index contributed by atoms with van der Waals surface area (Å²) >= 11 is 0. The Hall–Kier alpha value is -2.74. The number of hydrogen-bond acceptors (Lipinski definition) is 6. The zero-order chi connectivity index (χ0) is 18.1. The molecule has 2 aromatic rings. The fourth-order valence-corrected chi connectivity index (χ4v) is 3.44. The first kappa shape index (κ1) is 16.7. The van der Waals surface area contributed by atoms with E-state index in [-0.39, 0.29) is 11.9 Å². The molecule has 4 rings (SSSR count). The van der Waals surface area contributed by atoms with Gasteiger partial charge in [-0.15, -0.1) is 0 Å². The van der Waals surface area contributed by atoms with Crippen molar-refractivity contribution in [3.8, 4) is 17.2 Å². The van der Waals surface area contributed by atoms with Gasteiger partial charge in [0.15, 0.2) is 11.5 Å². The van der Waals surface area contributed by atoms with Gasteiger partial charge in [0.05, 0.1) is 7.11 Å². The summed E-state index contributed by atoms with van der Waals surface area (Å²) in [4.78, 5) is 19.6. The summed E-state index contributed by atoms with van der Waals surface area (Å²) in [6.07, 6.45) is 3.64. The van der Waals surface area contributed by atoms with E-state index in [1.54, 1.807) is 25.4 Å². The number of aryl methyl sites for hydroxylation is 1. The smallest absolute Gasteiger partial charge is 0.254 e. The molecule has 3 heterocycles. The number of methoxy groups -OCH3 is 1. The second-order valence-corrected chi connectivity index (χ2v) is 6.32. The first-order valence-corrected chi connectivity index (χ1v) is 8.65. The molecule has 0 radical (unpaired) electrons. The van der Waals surface area contributed by atoms with Crippen LogP contribution in [0, 0.1) is 0 Å². The van der Waals surface area contributed by atoms with Gasteiger partial charge >= 0.3 is 0 Å². The number of nitrogens with one attached hydrogen (secondary N) is 1. The molecule has 8 nitrogen and oxygen atoms in total. The fraction of sp³-hybridized carbons (Fsp3) is 0.444. The molecule has 1 unspecified atom stereocenters. The number of ether oxygens (including phenoxy) is 3. The van der Waals surface area contributed by atoms with Crippen LogP contribution in [0.2, 0.25) is 0 Å². The minimum absolute atomic E-state index is 0.0743. The topological polar surface area (TPSA) is 77.9 Å². The third-order valence-electron chi connectivity index (χ3n) is 4.74. The maximum atomic E-state index is 13.3. The maximum Gasteiger partial charge on any atom is 0.254 e. The highest BCUT2D eigenvalue weighted by Gasteiger charge is 2.32. The predicted molar refractivity (Wildman–Crippen MR) is 93.8 cm³/mol. The average Bonchev–Trinajstić information content (AvgIpc) is 3.12. The van der Waals surface area contributed by atoms with Crippen LogP contribution in [0.5, 0.6) is 17.2 Å². The standard InChI is InChI=1S/C18H22N4O4/c1-21-5-4-20-17(21)13-11-19-3-6-22(13)18(23)12-9-14(24-2)16-15(10-12)25-7-8-26-16/h4-5,9-10,13,19H,3,6-8,11H2,1-2H3. The molecular formula is C18H22N4O4. The van der Waals surface area contributed by atoms with Gasteiger partial charge in [0, 0.05) is 44.6 Å². The number of rotatable bonds is 3. The van der Waals surface area contributed by atoms with Crippen molar-refractivity contribution in [3.05, 3.63) is 35.9 Å². The number of hydrogen-bond donors (Lipinski definition) is 1. The number of carbonyl (C=O) groups excluding carboxylic acids is 1.